The third kappa shape index (κ3) is 2.31. The molecule has 0 aromatic heterocycles. The standard InChI is InChI=1S/C8H13NO/c1-8(10)4-2-5-9-6-3-7-9/h2,4H,3,5-7H2,1H3/b4-2+. The second kappa shape index (κ2) is 3.52. The zero-order valence-corrected chi connectivity index (χ0v) is 6.34. The Hall–Kier alpha value is -0.630. The highest BCUT2D eigenvalue weighted by Crippen LogP contribution is 2.03. The SMILES string of the molecule is CC(=O)/C=C/CN1CCC1. The molecule has 10 heavy (non-hydrogen) atoms. The lowest BCUT2D eigenvalue weighted by atomic mass is 10.2. The van der Waals surface area contributed by atoms with Gasteiger partial charge in [0, 0.05) is 6.54 Å². The van der Waals surface area contributed by atoms with Crippen molar-refractivity contribution in [3.8, 4) is 0 Å². The van der Waals surface area contributed by atoms with Crippen LogP contribution in [0.25, 0.3) is 0 Å². The maximum Gasteiger partial charge on any atom is 0.152 e. The summed E-state index contributed by atoms with van der Waals surface area (Å²) in [5.41, 5.74) is 0. The van der Waals surface area contributed by atoms with Crippen LogP contribution in [0.3, 0.4) is 0 Å². The molecule has 2 nitrogen and oxygen atoms in total. The van der Waals surface area contributed by atoms with E-state index in [1.54, 1.807) is 13.0 Å². The third-order valence-electron chi connectivity index (χ3n) is 1.66. The predicted molar refractivity (Wildman–Crippen MR) is 40.9 cm³/mol. The van der Waals surface area contributed by atoms with Gasteiger partial charge < -0.3 is 0 Å². The summed E-state index contributed by atoms with van der Waals surface area (Å²) in [5.74, 6) is 0.139. The Kier molecular flexibility index (Phi) is 2.63. The van der Waals surface area contributed by atoms with Gasteiger partial charge in [0.25, 0.3) is 0 Å². The van der Waals surface area contributed by atoms with Crippen LogP contribution in [-0.2, 0) is 4.79 Å². The Labute approximate surface area is 61.5 Å². The van der Waals surface area contributed by atoms with E-state index in [1.807, 2.05) is 6.08 Å². The van der Waals surface area contributed by atoms with Crippen molar-refractivity contribution < 1.29 is 4.79 Å². The first-order valence-corrected chi connectivity index (χ1v) is 3.68. The highest BCUT2D eigenvalue weighted by atomic mass is 16.1. The molecule has 0 radical (unpaired) electrons. The van der Waals surface area contributed by atoms with Gasteiger partial charge in [-0.1, -0.05) is 6.08 Å². The molecule has 1 rings (SSSR count). The minimum Gasteiger partial charge on any atom is -0.300 e. The molecule has 0 spiro atoms. The number of hydrogen-bond donors (Lipinski definition) is 0. The van der Waals surface area contributed by atoms with Crippen molar-refractivity contribution in [2.45, 2.75) is 13.3 Å². The van der Waals surface area contributed by atoms with E-state index in [0.29, 0.717) is 0 Å². The van der Waals surface area contributed by atoms with Crippen LogP contribution >= 0.6 is 0 Å². The summed E-state index contributed by atoms with van der Waals surface area (Å²) < 4.78 is 0. The molecule has 0 aromatic rings. The monoisotopic (exact) mass is 139 g/mol. The van der Waals surface area contributed by atoms with E-state index in [-0.39, 0.29) is 5.78 Å². The molecule has 0 atom stereocenters. The van der Waals surface area contributed by atoms with Crippen LogP contribution in [0.2, 0.25) is 0 Å². The first kappa shape index (κ1) is 7.48. The fourth-order valence-corrected chi connectivity index (χ4v) is 0.932. The van der Waals surface area contributed by atoms with Crippen molar-refractivity contribution in [2.75, 3.05) is 19.6 Å². The summed E-state index contributed by atoms with van der Waals surface area (Å²) >= 11 is 0. The van der Waals surface area contributed by atoms with Gasteiger partial charge in [-0.15, -0.1) is 0 Å². The van der Waals surface area contributed by atoms with Gasteiger partial charge in [0.1, 0.15) is 0 Å². The largest absolute Gasteiger partial charge is 0.300 e. The third-order valence-corrected chi connectivity index (χ3v) is 1.66. The number of carbonyl (C=O) groups excluding carboxylic acids is 1. The fraction of sp³-hybridized carbons (Fsp3) is 0.625. The van der Waals surface area contributed by atoms with E-state index in [2.05, 4.69) is 4.90 Å². The van der Waals surface area contributed by atoms with Crippen LogP contribution in [0.1, 0.15) is 13.3 Å². The lowest BCUT2D eigenvalue weighted by molar-refractivity contribution is -0.112. The molecular formula is C8H13NO. The van der Waals surface area contributed by atoms with Crippen LogP contribution < -0.4 is 0 Å². The minimum atomic E-state index is 0.139. The van der Waals surface area contributed by atoms with Gasteiger partial charge in [-0.25, -0.2) is 0 Å². The molecular weight excluding hydrogens is 126 g/mol. The zero-order valence-electron chi connectivity index (χ0n) is 6.34. The van der Waals surface area contributed by atoms with Crippen molar-refractivity contribution in [3.63, 3.8) is 0 Å². The molecule has 0 N–H and O–H groups in total. The summed E-state index contributed by atoms with van der Waals surface area (Å²) in [4.78, 5) is 12.7. The number of ketones is 1. The van der Waals surface area contributed by atoms with Crippen molar-refractivity contribution >= 4 is 5.78 Å². The highest BCUT2D eigenvalue weighted by molar-refractivity contribution is 5.87. The predicted octanol–water partition coefficient (Wildman–Crippen LogP) is 0.837. The Morgan fingerprint density at radius 1 is 1.60 bits per heavy atom. The molecule has 0 aliphatic carbocycles. The van der Waals surface area contributed by atoms with Crippen LogP contribution in [0.4, 0.5) is 0 Å². The number of rotatable bonds is 3. The Balaban J connectivity index is 2.08. The number of carbonyl (C=O) groups is 1. The summed E-state index contributed by atoms with van der Waals surface area (Å²) in [6.45, 7) is 4.91. The smallest absolute Gasteiger partial charge is 0.152 e. The summed E-state index contributed by atoms with van der Waals surface area (Å²) in [7, 11) is 0. The molecule has 0 amide bonds. The van der Waals surface area contributed by atoms with Gasteiger partial charge in [-0.2, -0.15) is 0 Å². The maximum absolute atomic E-state index is 10.4. The number of allylic oxidation sites excluding steroid dienone is 1. The van der Waals surface area contributed by atoms with Crippen LogP contribution in [0, 0.1) is 0 Å². The Bertz CT molecular complexity index is 147. The molecule has 1 aliphatic heterocycles. The Morgan fingerprint density at radius 2 is 2.30 bits per heavy atom. The van der Waals surface area contributed by atoms with Crippen molar-refractivity contribution in [1.82, 2.24) is 4.90 Å². The topological polar surface area (TPSA) is 20.3 Å². The molecule has 56 valence electrons. The first-order valence-electron chi connectivity index (χ1n) is 3.68. The normalized spacial score (nSPS) is 19.3. The van der Waals surface area contributed by atoms with E-state index in [0.717, 1.165) is 6.54 Å². The average Bonchev–Trinajstić information content (AvgIpc) is 1.75. The fourth-order valence-electron chi connectivity index (χ4n) is 0.932. The number of nitrogens with zero attached hydrogens (tertiary/aromatic N) is 1. The van der Waals surface area contributed by atoms with Gasteiger partial charge in [-0.05, 0) is 32.5 Å². The highest BCUT2D eigenvalue weighted by Gasteiger charge is 2.10. The van der Waals surface area contributed by atoms with E-state index in [9.17, 15) is 4.79 Å². The molecule has 1 aliphatic rings. The van der Waals surface area contributed by atoms with Gasteiger partial charge >= 0.3 is 0 Å². The van der Waals surface area contributed by atoms with Gasteiger partial charge in [0.05, 0.1) is 0 Å². The van der Waals surface area contributed by atoms with Gasteiger partial charge in [0.15, 0.2) is 5.78 Å². The van der Waals surface area contributed by atoms with Crippen molar-refractivity contribution in [2.24, 2.45) is 0 Å². The Morgan fingerprint density at radius 3 is 2.70 bits per heavy atom. The van der Waals surface area contributed by atoms with Crippen molar-refractivity contribution in [1.29, 1.82) is 0 Å². The number of likely N-dealkylation sites (tertiary alicyclic amines) is 1. The average molecular weight is 139 g/mol. The minimum absolute atomic E-state index is 0.139. The van der Waals surface area contributed by atoms with Crippen LogP contribution in [0.5, 0.6) is 0 Å². The summed E-state index contributed by atoms with van der Waals surface area (Å²) in [5, 5.41) is 0. The lowest BCUT2D eigenvalue weighted by Crippen LogP contribution is -2.36. The molecule has 0 bridgehead atoms. The molecule has 1 fully saturated rings. The van der Waals surface area contributed by atoms with Gasteiger partial charge in [0.2, 0.25) is 0 Å². The quantitative estimate of drug-likeness (QED) is 0.540. The van der Waals surface area contributed by atoms with Crippen LogP contribution in [0.15, 0.2) is 12.2 Å². The zero-order chi connectivity index (χ0) is 7.40. The molecule has 1 saturated heterocycles. The molecule has 0 aromatic carbocycles. The van der Waals surface area contributed by atoms with E-state index in [1.165, 1.54) is 19.5 Å². The first-order chi connectivity index (χ1) is 4.79. The van der Waals surface area contributed by atoms with E-state index < -0.39 is 0 Å². The van der Waals surface area contributed by atoms with Gasteiger partial charge in [-0.3, -0.25) is 9.69 Å². The van der Waals surface area contributed by atoms with E-state index in [4.69, 9.17) is 0 Å². The summed E-state index contributed by atoms with van der Waals surface area (Å²) in [6.07, 6.45) is 4.88. The maximum atomic E-state index is 10.4. The second-order valence-corrected chi connectivity index (χ2v) is 2.67. The molecule has 2 heteroatoms. The summed E-state index contributed by atoms with van der Waals surface area (Å²) in [6, 6.07) is 0. The van der Waals surface area contributed by atoms with E-state index >= 15 is 0 Å². The molecule has 1 heterocycles. The second-order valence-electron chi connectivity index (χ2n) is 2.67. The van der Waals surface area contributed by atoms with Crippen LogP contribution in [-0.4, -0.2) is 30.3 Å². The lowest BCUT2D eigenvalue weighted by Gasteiger charge is -2.29. The molecule has 0 unspecified atom stereocenters. The molecule has 0 saturated carbocycles. The van der Waals surface area contributed by atoms with Crippen molar-refractivity contribution in [3.05, 3.63) is 12.2 Å². The number of hydrogen-bond acceptors (Lipinski definition) is 2.